The number of fused-ring (bicyclic) bond motifs is 1. The fourth-order valence-electron chi connectivity index (χ4n) is 2.96. The van der Waals surface area contributed by atoms with E-state index in [0.29, 0.717) is 29.9 Å². The summed E-state index contributed by atoms with van der Waals surface area (Å²) in [6.07, 6.45) is 4.98. The third kappa shape index (κ3) is 1.89. The molecule has 3 rings (SSSR count). The van der Waals surface area contributed by atoms with Gasteiger partial charge in [0.05, 0.1) is 12.7 Å². The molecule has 5 heteroatoms. The molecule has 2 heterocycles. The van der Waals surface area contributed by atoms with Gasteiger partial charge in [0.25, 0.3) is 0 Å². The smallest absolute Gasteiger partial charge is 0.222 e. The monoisotopic (exact) mass is 235 g/mol. The van der Waals surface area contributed by atoms with E-state index in [1.807, 2.05) is 6.07 Å². The Balaban J connectivity index is 1.69. The van der Waals surface area contributed by atoms with Crippen molar-refractivity contribution in [2.45, 2.75) is 18.6 Å². The molecule has 1 aromatic heterocycles. The highest BCUT2D eigenvalue weighted by atomic mass is 16.5. The van der Waals surface area contributed by atoms with Crippen molar-refractivity contribution in [2.24, 2.45) is 11.8 Å². The van der Waals surface area contributed by atoms with Crippen LogP contribution in [0.5, 0.6) is 0 Å². The van der Waals surface area contributed by atoms with Gasteiger partial charge in [0.1, 0.15) is 0 Å². The fraction of sp³-hybridized carbons (Fsp3) is 0.667. The van der Waals surface area contributed by atoms with Crippen molar-refractivity contribution in [2.75, 3.05) is 25.6 Å². The number of rotatable bonds is 4. The number of ether oxygens (including phenoxy) is 2. The quantitative estimate of drug-likeness (QED) is 0.841. The van der Waals surface area contributed by atoms with Crippen molar-refractivity contribution < 1.29 is 9.47 Å². The van der Waals surface area contributed by atoms with Gasteiger partial charge in [-0.05, 0) is 12.5 Å². The van der Waals surface area contributed by atoms with E-state index in [0.717, 1.165) is 19.6 Å². The van der Waals surface area contributed by atoms with Crippen LogP contribution in [-0.2, 0) is 9.47 Å². The van der Waals surface area contributed by atoms with Gasteiger partial charge in [0.15, 0.2) is 0 Å². The molecule has 4 atom stereocenters. The van der Waals surface area contributed by atoms with Crippen molar-refractivity contribution in [3.63, 3.8) is 0 Å². The van der Waals surface area contributed by atoms with Crippen LogP contribution in [0, 0.1) is 11.8 Å². The van der Waals surface area contributed by atoms with Crippen LogP contribution in [0.3, 0.4) is 0 Å². The molecular formula is C12H17N3O2. The van der Waals surface area contributed by atoms with E-state index >= 15 is 0 Å². The number of nitrogens with one attached hydrogen (secondary N) is 1. The van der Waals surface area contributed by atoms with E-state index in [9.17, 15) is 0 Å². The van der Waals surface area contributed by atoms with Crippen molar-refractivity contribution in [3.8, 4) is 0 Å². The molecule has 1 aliphatic carbocycles. The van der Waals surface area contributed by atoms with Crippen LogP contribution >= 0.6 is 0 Å². The molecule has 1 aromatic rings. The number of methoxy groups -OCH3 is 1. The van der Waals surface area contributed by atoms with Gasteiger partial charge in [-0.3, -0.25) is 0 Å². The van der Waals surface area contributed by atoms with Crippen molar-refractivity contribution in [1.29, 1.82) is 0 Å². The first-order valence-electron chi connectivity index (χ1n) is 6.04. The standard InChI is InChI=1S/C12H17N3O2/c1-16-7-9-10(8-3-6-17-11(8)9)15-12-13-4-2-5-14-12/h2,4-5,8-11H,3,6-7H2,1H3,(H,13,14,15)/t8-,9+,10+,11-/m0/s1. The molecule has 17 heavy (non-hydrogen) atoms. The first-order chi connectivity index (χ1) is 8.40. The van der Waals surface area contributed by atoms with E-state index in [-0.39, 0.29) is 0 Å². The molecule has 0 aromatic carbocycles. The molecule has 2 fully saturated rings. The highest BCUT2D eigenvalue weighted by Crippen LogP contribution is 2.44. The Morgan fingerprint density at radius 1 is 1.47 bits per heavy atom. The Kier molecular flexibility index (Phi) is 2.94. The molecule has 1 N–H and O–H groups in total. The number of hydrogen-bond acceptors (Lipinski definition) is 5. The molecule has 0 spiro atoms. The van der Waals surface area contributed by atoms with Crippen molar-refractivity contribution in [3.05, 3.63) is 18.5 Å². The molecule has 0 unspecified atom stereocenters. The molecule has 1 saturated heterocycles. The Morgan fingerprint density at radius 2 is 2.29 bits per heavy atom. The third-order valence-corrected chi connectivity index (χ3v) is 3.75. The fourth-order valence-corrected chi connectivity index (χ4v) is 2.96. The maximum absolute atomic E-state index is 5.72. The van der Waals surface area contributed by atoms with Gasteiger partial charge in [-0.2, -0.15) is 0 Å². The Labute approximate surface area is 101 Å². The third-order valence-electron chi connectivity index (χ3n) is 3.75. The molecule has 1 aliphatic heterocycles. The lowest BCUT2D eigenvalue weighted by Gasteiger charge is -2.47. The van der Waals surface area contributed by atoms with Gasteiger partial charge in [-0.25, -0.2) is 9.97 Å². The van der Waals surface area contributed by atoms with Crippen molar-refractivity contribution >= 4 is 5.95 Å². The van der Waals surface area contributed by atoms with E-state index in [2.05, 4.69) is 15.3 Å². The zero-order chi connectivity index (χ0) is 11.7. The number of nitrogens with zero attached hydrogens (tertiary/aromatic N) is 2. The summed E-state index contributed by atoms with van der Waals surface area (Å²) in [5, 5.41) is 3.40. The molecular weight excluding hydrogens is 218 g/mol. The summed E-state index contributed by atoms with van der Waals surface area (Å²) in [5.74, 6) is 1.69. The zero-order valence-corrected chi connectivity index (χ0v) is 9.87. The molecule has 2 aliphatic rings. The second-order valence-electron chi connectivity index (χ2n) is 4.65. The van der Waals surface area contributed by atoms with Gasteiger partial charge in [0.2, 0.25) is 5.95 Å². The van der Waals surface area contributed by atoms with E-state index in [1.165, 1.54) is 0 Å². The molecule has 92 valence electrons. The van der Waals surface area contributed by atoms with Gasteiger partial charge in [-0.1, -0.05) is 0 Å². The summed E-state index contributed by atoms with van der Waals surface area (Å²) in [5.41, 5.74) is 0. The summed E-state index contributed by atoms with van der Waals surface area (Å²) in [6, 6.07) is 2.20. The molecule has 0 amide bonds. The minimum Gasteiger partial charge on any atom is -0.384 e. The minimum absolute atomic E-state index is 0.358. The average Bonchev–Trinajstić information content (AvgIpc) is 2.79. The summed E-state index contributed by atoms with van der Waals surface area (Å²) >= 11 is 0. The average molecular weight is 235 g/mol. The van der Waals surface area contributed by atoms with Gasteiger partial charge in [0, 0.05) is 44.0 Å². The van der Waals surface area contributed by atoms with Crippen LogP contribution in [0.15, 0.2) is 18.5 Å². The van der Waals surface area contributed by atoms with E-state index in [4.69, 9.17) is 9.47 Å². The van der Waals surface area contributed by atoms with Gasteiger partial charge < -0.3 is 14.8 Å². The summed E-state index contributed by atoms with van der Waals surface area (Å²) < 4.78 is 11.0. The van der Waals surface area contributed by atoms with Crippen molar-refractivity contribution in [1.82, 2.24) is 9.97 Å². The Hall–Kier alpha value is -1.20. The van der Waals surface area contributed by atoms with Crippen LogP contribution in [0.4, 0.5) is 5.95 Å². The molecule has 5 nitrogen and oxygen atoms in total. The predicted molar refractivity (Wildman–Crippen MR) is 62.7 cm³/mol. The number of aromatic nitrogens is 2. The van der Waals surface area contributed by atoms with Crippen LogP contribution < -0.4 is 5.32 Å². The van der Waals surface area contributed by atoms with Gasteiger partial charge in [-0.15, -0.1) is 0 Å². The highest BCUT2D eigenvalue weighted by molar-refractivity contribution is 5.29. The lowest BCUT2D eigenvalue weighted by atomic mass is 9.67. The SMILES string of the molecule is COC[C@@H]1[C@H](Nc2ncccn2)[C@@H]2CCO[C@H]12. The normalized spacial score (nSPS) is 35.1. The highest BCUT2D eigenvalue weighted by Gasteiger charge is 2.53. The summed E-state index contributed by atoms with van der Waals surface area (Å²) in [7, 11) is 1.73. The first kappa shape index (κ1) is 10.9. The first-order valence-corrected chi connectivity index (χ1v) is 6.04. The number of anilines is 1. The molecule has 0 radical (unpaired) electrons. The van der Waals surface area contributed by atoms with Gasteiger partial charge >= 0.3 is 0 Å². The van der Waals surface area contributed by atoms with Crippen LogP contribution in [0.1, 0.15) is 6.42 Å². The zero-order valence-electron chi connectivity index (χ0n) is 9.87. The maximum atomic E-state index is 5.72. The number of hydrogen-bond donors (Lipinski definition) is 1. The second-order valence-corrected chi connectivity index (χ2v) is 4.65. The van der Waals surface area contributed by atoms with E-state index < -0.39 is 0 Å². The maximum Gasteiger partial charge on any atom is 0.222 e. The lowest BCUT2D eigenvalue weighted by Crippen LogP contribution is -2.58. The topological polar surface area (TPSA) is 56.3 Å². The Bertz CT molecular complexity index is 373. The molecule has 1 saturated carbocycles. The second kappa shape index (κ2) is 4.58. The summed E-state index contributed by atoms with van der Waals surface area (Å²) in [6.45, 7) is 1.59. The summed E-state index contributed by atoms with van der Waals surface area (Å²) in [4.78, 5) is 8.41. The molecule has 0 bridgehead atoms. The largest absolute Gasteiger partial charge is 0.384 e. The lowest BCUT2D eigenvalue weighted by molar-refractivity contribution is -0.0668. The van der Waals surface area contributed by atoms with Crippen LogP contribution in [0.2, 0.25) is 0 Å². The van der Waals surface area contributed by atoms with Crippen LogP contribution in [-0.4, -0.2) is 42.4 Å². The van der Waals surface area contributed by atoms with Crippen LogP contribution in [0.25, 0.3) is 0 Å². The minimum atomic E-state index is 0.358. The predicted octanol–water partition coefficient (Wildman–Crippen LogP) is 0.938. The van der Waals surface area contributed by atoms with E-state index in [1.54, 1.807) is 19.5 Å². The Morgan fingerprint density at radius 3 is 3.06 bits per heavy atom.